The Hall–Kier alpha value is -1.10. The molecule has 0 saturated heterocycles. The smallest absolute Gasteiger partial charge is 0.195 e. The Morgan fingerprint density at radius 2 is 2.28 bits per heavy atom. The lowest BCUT2D eigenvalue weighted by Gasteiger charge is -1.99. The minimum atomic E-state index is -0.0909. The largest absolute Gasteiger partial charge is 0.288 e. The summed E-state index contributed by atoms with van der Waals surface area (Å²) in [5, 5.41) is 4.63. The predicted octanol–water partition coefficient (Wildman–Crippen LogP) is 4.17. The molecule has 2 aromatic heterocycles. The first-order valence-electron chi connectivity index (χ1n) is 5.31. The highest BCUT2D eigenvalue weighted by molar-refractivity contribution is 7.18. The summed E-state index contributed by atoms with van der Waals surface area (Å²) < 4.78 is 2.33. The molecule has 2 aromatic rings. The van der Waals surface area contributed by atoms with E-state index in [1.807, 2.05) is 6.92 Å². The molecule has 94 valence electrons. The molecule has 0 fully saturated rings. The van der Waals surface area contributed by atoms with Crippen molar-refractivity contribution in [2.75, 3.05) is 0 Å². The maximum absolute atomic E-state index is 11.9. The first-order valence-corrected chi connectivity index (χ1v) is 6.88. The van der Waals surface area contributed by atoms with Crippen LogP contribution < -0.4 is 0 Å². The summed E-state index contributed by atoms with van der Waals surface area (Å²) in [6.45, 7) is 2.66. The van der Waals surface area contributed by atoms with E-state index in [1.165, 1.54) is 17.4 Å². The van der Waals surface area contributed by atoms with Crippen molar-refractivity contribution in [3.8, 4) is 0 Å². The lowest BCUT2D eigenvalue weighted by atomic mass is 10.2. The van der Waals surface area contributed by atoms with Crippen LogP contribution in [-0.2, 0) is 6.54 Å². The Morgan fingerprint density at radius 3 is 2.89 bits per heavy atom. The molecule has 0 aliphatic carbocycles. The van der Waals surface area contributed by atoms with Crippen LogP contribution >= 0.6 is 34.5 Å². The topological polar surface area (TPSA) is 34.9 Å². The van der Waals surface area contributed by atoms with Gasteiger partial charge in [-0.2, -0.15) is 5.10 Å². The van der Waals surface area contributed by atoms with Gasteiger partial charge in [0.05, 0.1) is 26.1 Å². The van der Waals surface area contributed by atoms with Crippen LogP contribution in [0.3, 0.4) is 0 Å². The number of ketones is 1. The first kappa shape index (κ1) is 13.3. The van der Waals surface area contributed by atoms with E-state index in [0.29, 0.717) is 20.8 Å². The fourth-order valence-electron chi connectivity index (χ4n) is 1.47. The van der Waals surface area contributed by atoms with Crippen molar-refractivity contribution in [1.29, 1.82) is 0 Å². The Bertz CT molecular complexity index is 601. The van der Waals surface area contributed by atoms with Crippen molar-refractivity contribution in [1.82, 2.24) is 9.78 Å². The van der Waals surface area contributed by atoms with Gasteiger partial charge in [-0.1, -0.05) is 23.2 Å². The van der Waals surface area contributed by atoms with Gasteiger partial charge < -0.3 is 0 Å². The van der Waals surface area contributed by atoms with Gasteiger partial charge in [-0.3, -0.25) is 9.48 Å². The molecule has 0 aromatic carbocycles. The van der Waals surface area contributed by atoms with Gasteiger partial charge in [-0.15, -0.1) is 11.3 Å². The van der Waals surface area contributed by atoms with Crippen LogP contribution in [0.2, 0.25) is 9.36 Å². The fraction of sp³-hybridized carbons (Fsp3) is 0.167. The number of carbonyl (C=O) groups excluding carboxylic acids is 1. The third-order valence-corrected chi connectivity index (χ3v) is 3.88. The zero-order valence-electron chi connectivity index (χ0n) is 9.56. The molecule has 0 saturated carbocycles. The Labute approximate surface area is 119 Å². The lowest BCUT2D eigenvalue weighted by molar-refractivity contribution is 0.105. The Kier molecular flexibility index (Phi) is 4.22. The van der Waals surface area contributed by atoms with Crippen molar-refractivity contribution in [3.63, 3.8) is 0 Å². The summed E-state index contributed by atoms with van der Waals surface area (Å²) >= 11 is 13.0. The lowest BCUT2D eigenvalue weighted by Crippen LogP contribution is -1.99. The molecule has 6 heteroatoms. The van der Waals surface area contributed by atoms with Gasteiger partial charge >= 0.3 is 0 Å². The third-order valence-electron chi connectivity index (χ3n) is 2.34. The van der Waals surface area contributed by atoms with Crippen LogP contribution in [0.1, 0.15) is 22.3 Å². The van der Waals surface area contributed by atoms with Gasteiger partial charge in [0.1, 0.15) is 0 Å². The number of thiophene rings is 1. The molecule has 0 unspecified atom stereocenters. The zero-order valence-corrected chi connectivity index (χ0v) is 11.9. The number of rotatable bonds is 4. The quantitative estimate of drug-likeness (QED) is 0.627. The molecule has 0 bridgehead atoms. The maximum Gasteiger partial charge on any atom is 0.195 e. The third kappa shape index (κ3) is 2.83. The van der Waals surface area contributed by atoms with E-state index in [4.69, 9.17) is 23.2 Å². The number of allylic oxidation sites excluding steroid dienone is 1. The summed E-state index contributed by atoms with van der Waals surface area (Å²) in [5.74, 6) is -0.0909. The number of aromatic nitrogens is 2. The number of nitrogens with zero attached hydrogens (tertiary/aromatic N) is 2. The SMILES string of the molecule is CCn1ncc(Cl)c1/C=C/C(=O)c1ccc(Cl)s1. The van der Waals surface area contributed by atoms with Crippen molar-refractivity contribution in [2.45, 2.75) is 13.5 Å². The van der Waals surface area contributed by atoms with E-state index >= 15 is 0 Å². The molecule has 0 spiro atoms. The minimum Gasteiger partial charge on any atom is -0.288 e. The van der Waals surface area contributed by atoms with Gasteiger partial charge in [-0.05, 0) is 31.2 Å². The predicted molar refractivity (Wildman–Crippen MR) is 75.6 cm³/mol. The van der Waals surface area contributed by atoms with E-state index in [2.05, 4.69) is 5.10 Å². The summed E-state index contributed by atoms with van der Waals surface area (Å²) in [6, 6.07) is 3.41. The van der Waals surface area contributed by atoms with Crippen LogP contribution in [0.5, 0.6) is 0 Å². The van der Waals surface area contributed by atoms with Crippen LogP contribution in [0.15, 0.2) is 24.4 Å². The summed E-state index contributed by atoms with van der Waals surface area (Å²) in [6.07, 6.45) is 4.73. The van der Waals surface area contributed by atoms with Crippen LogP contribution in [0.4, 0.5) is 0 Å². The molecule has 0 amide bonds. The molecular weight excluding hydrogens is 291 g/mol. The second-order valence-electron chi connectivity index (χ2n) is 3.49. The normalized spacial score (nSPS) is 11.3. The van der Waals surface area contributed by atoms with Crippen molar-refractivity contribution < 1.29 is 4.79 Å². The van der Waals surface area contributed by atoms with E-state index < -0.39 is 0 Å². The maximum atomic E-state index is 11.9. The molecule has 0 radical (unpaired) electrons. The van der Waals surface area contributed by atoms with Gasteiger partial charge in [0.2, 0.25) is 0 Å². The molecule has 0 aliphatic heterocycles. The molecule has 18 heavy (non-hydrogen) atoms. The molecule has 3 nitrogen and oxygen atoms in total. The van der Waals surface area contributed by atoms with Gasteiger partial charge in [0.15, 0.2) is 5.78 Å². The first-order chi connectivity index (χ1) is 8.61. The molecular formula is C12H10Cl2N2OS. The van der Waals surface area contributed by atoms with Gasteiger partial charge in [0.25, 0.3) is 0 Å². The second kappa shape index (κ2) is 5.69. The van der Waals surface area contributed by atoms with Crippen LogP contribution in [0.25, 0.3) is 6.08 Å². The molecule has 0 atom stereocenters. The van der Waals surface area contributed by atoms with Gasteiger partial charge in [0, 0.05) is 6.54 Å². The van der Waals surface area contributed by atoms with Crippen LogP contribution in [-0.4, -0.2) is 15.6 Å². The number of aryl methyl sites for hydroxylation is 1. The fourth-order valence-corrected chi connectivity index (χ4v) is 2.64. The number of hydrogen-bond acceptors (Lipinski definition) is 3. The van der Waals surface area contributed by atoms with E-state index in [0.717, 1.165) is 5.69 Å². The Balaban J connectivity index is 2.20. The number of halogens is 2. The number of carbonyl (C=O) groups is 1. The summed E-state index contributed by atoms with van der Waals surface area (Å²) in [4.78, 5) is 12.5. The van der Waals surface area contributed by atoms with E-state index in [1.54, 1.807) is 29.1 Å². The minimum absolute atomic E-state index is 0.0909. The average Bonchev–Trinajstić information content (AvgIpc) is 2.93. The van der Waals surface area contributed by atoms with Gasteiger partial charge in [-0.25, -0.2) is 0 Å². The standard InChI is InChI=1S/C12H10Cl2N2OS/c1-2-16-9(8(13)7-15-16)3-4-10(17)11-5-6-12(14)18-11/h3-7H,2H2,1H3/b4-3+. The summed E-state index contributed by atoms with van der Waals surface area (Å²) in [5.41, 5.74) is 0.732. The zero-order chi connectivity index (χ0) is 13.1. The molecule has 0 N–H and O–H groups in total. The van der Waals surface area contributed by atoms with E-state index in [-0.39, 0.29) is 5.78 Å². The molecule has 0 aliphatic rings. The molecule has 2 heterocycles. The highest BCUT2D eigenvalue weighted by atomic mass is 35.5. The number of hydrogen-bond donors (Lipinski definition) is 0. The summed E-state index contributed by atoms with van der Waals surface area (Å²) in [7, 11) is 0. The average molecular weight is 301 g/mol. The van der Waals surface area contributed by atoms with Crippen molar-refractivity contribution in [3.05, 3.63) is 44.3 Å². The van der Waals surface area contributed by atoms with E-state index in [9.17, 15) is 4.79 Å². The van der Waals surface area contributed by atoms with Crippen LogP contribution in [0, 0.1) is 0 Å². The second-order valence-corrected chi connectivity index (χ2v) is 5.62. The van der Waals surface area contributed by atoms with Crippen molar-refractivity contribution in [2.24, 2.45) is 0 Å². The Morgan fingerprint density at radius 1 is 1.50 bits per heavy atom. The molecule has 2 rings (SSSR count). The monoisotopic (exact) mass is 300 g/mol. The highest BCUT2D eigenvalue weighted by Gasteiger charge is 2.08. The highest BCUT2D eigenvalue weighted by Crippen LogP contribution is 2.23. The van der Waals surface area contributed by atoms with Crippen molar-refractivity contribution >= 4 is 46.4 Å².